The first-order valence-corrected chi connectivity index (χ1v) is 68.3. The third-order valence-electron chi connectivity index (χ3n) is 21.6. The molecule has 1 rings (SSSR count). The molecule has 0 aliphatic rings. The molecule has 0 aliphatic heterocycles. The van der Waals surface area contributed by atoms with Crippen LogP contribution in [0.4, 0.5) is 0 Å². The highest BCUT2D eigenvalue weighted by atomic mass is 35.5. The third kappa shape index (κ3) is 36.5. The van der Waals surface area contributed by atoms with Crippen LogP contribution in [0.5, 0.6) is 0 Å². The summed E-state index contributed by atoms with van der Waals surface area (Å²) in [6.07, 6.45) is 28.3. The molecule has 0 amide bonds. The third-order valence-corrected chi connectivity index (χ3v) is 49.8. The van der Waals surface area contributed by atoms with E-state index in [4.69, 9.17) is 76.4 Å². The second-order valence-corrected chi connectivity index (χ2v) is 84.3. The molecule has 9 nitrogen and oxygen atoms in total. The second kappa shape index (κ2) is 42.6. The van der Waals surface area contributed by atoms with Gasteiger partial charge in [-0.2, -0.15) is 0 Å². The maximum Gasteiger partial charge on any atom is 0.0643 e. The topological polar surface area (TPSA) is 153 Å². The molecule has 1 atom stereocenters. The number of hydrogen-bond donors (Lipinski definition) is 9. The van der Waals surface area contributed by atoms with Gasteiger partial charge in [-0.1, -0.05) is 248 Å². The number of quaternary nitrogens is 2. The van der Waals surface area contributed by atoms with E-state index in [-0.39, 0.29) is 16.2 Å². The van der Waals surface area contributed by atoms with Gasteiger partial charge >= 0.3 is 0 Å². The summed E-state index contributed by atoms with van der Waals surface area (Å²) in [6, 6.07) is 22.6. The standard InChI is InChI=1S/C65H145Cl6N9Si9/c1-81(2,48-37-72)39-19-28-63(30-21-41-83(5,6)53-74,31-22-42-84(7,8)54-75-66)60-50-61(64(29-20-40-82(3,4)49-38-73,32-23-43-85(9,10)55-76-67)33-24-44-86(11,12)56-77-68)52-62(51-60)65(34-25-45-87(13,14)57-78-69,35-26-46-88(15,16)58-79-70)36-27-47-89(17,18)59-80-71/h37-38,50-52,75-80H,19-36,39-49,53-59,74H2,1-18,72-73H3. The minimum Gasteiger partial charge on any atom is -0.488 e. The van der Waals surface area contributed by atoms with Crippen molar-refractivity contribution in [2.75, 3.05) is 43.2 Å². The monoisotopic (exact) mass is 1510 g/mol. The Bertz CT molecular complexity index is 1820. The van der Waals surface area contributed by atoms with Crippen molar-refractivity contribution in [3.8, 4) is 0 Å². The molecule has 1 unspecified atom stereocenters. The first kappa shape index (κ1) is 89.6. The zero-order valence-electron chi connectivity index (χ0n) is 61.1. The Hall–Kier alpha value is 2.55. The lowest BCUT2D eigenvalue weighted by atomic mass is 9.63. The van der Waals surface area contributed by atoms with E-state index in [0.717, 1.165) is 43.2 Å². The highest BCUT2D eigenvalue weighted by Crippen LogP contribution is 2.51. The zero-order chi connectivity index (χ0) is 68.0. The van der Waals surface area contributed by atoms with E-state index in [0.29, 0.717) is 0 Å². The van der Waals surface area contributed by atoms with Crippen molar-refractivity contribution in [1.82, 2.24) is 29.0 Å². The lowest BCUT2D eigenvalue weighted by Gasteiger charge is -2.44. The van der Waals surface area contributed by atoms with Crippen LogP contribution in [0.1, 0.15) is 132 Å². The van der Waals surface area contributed by atoms with Crippen LogP contribution in [0.3, 0.4) is 0 Å². The number of nitrogens with two attached hydrogens (primary N) is 1. The van der Waals surface area contributed by atoms with Crippen molar-refractivity contribution in [3.63, 3.8) is 0 Å². The van der Waals surface area contributed by atoms with Gasteiger partial charge < -0.3 is 17.2 Å². The van der Waals surface area contributed by atoms with E-state index in [1.54, 1.807) is 16.7 Å². The second-order valence-electron chi connectivity index (χ2n) is 35.9. The number of hydrogen-bond acceptors (Lipinski definition) is 7. The van der Waals surface area contributed by atoms with Gasteiger partial charge in [-0.15, -0.1) is 25.2 Å². The highest BCUT2D eigenvalue weighted by Gasteiger charge is 2.43. The molecule has 14 N–H and O–H groups in total. The Morgan fingerprint density at radius 2 is 0.461 bits per heavy atom. The summed E-state index contributed by atoms with van der Waals surface area (Å²) < 4.78 is 0. The van der Waals surface area contributed by atoms with Gasteiger partial charge in [0, 0.05) is 53.2 Å². The lowest BCUT2D eigenvalue weighted by molar-refractivity contribution is -0.313. The van der Waals surface area contributed by atoms with Gasteiger partial charge in [-0.3, -0.25) is 0 Å². The van der Waals surface area contributed by atoms with Crippen molar-refractivity contribution >= 4 is 143 Å². The fourth-order valence-electron chi connectivity index (χ4n) is 14.8. The summed E-state index contributed by atoms with van der Waals surface area (Å²) in [6.45, 7) is 50.6. The van der Waals surface area contributed by atoms with Crippen molar-refractivity contribution in [3.05, 3.63) is 48.0 Å². The molecule has 0 radical (unpaired) electrons. The molecule has 1 aromatic carbocycles. The Morgan fingerprint density at radius 1 is 0.303 bits per heavy atom. The SMILES string of the molecule is C[Si](C)(CN)CCCC(CCC[Si](C)(C)C[CH-][NH3+])(CCC[Si](C)(C)CNCl)c1cc(C(CCC[Si](C)(C)C[CH-][NH3+])(CCC[Si](C)(C)CNCl)CCC[Si](C)(C)CNCl)cc(C(CCC[Si](C)(C)CNCl)(CCC[Si](C)(C)CNCl)CCC[Si](C)(C)CNCl)c1. The summed E-state index contributed by atoms with van der Waals surface area (Å²) in [5.74, 6) is 0. The molecular weight excluding hydrogens is 1370 g/mol. The van der Waals surface area contributed by atoms with E-state index >= 15 is 0 Å². The number of rotatable bonds is 56. The quantitative estimate of drug-likeness (QED) is 0.0179. The molecule has 89 heavy (non-hydrogen) atoms. The van der Waals surface area contributed by atoms with Gasteiger partial charge in [0.1, 0.15) is 0 Å². The predicted octanol–water partition coefficient (Wildman–Crippen LogP) is 18.8. The molecule has 528 valence electrons. The maximum absolute atomic E-state index is 6.72. The van der Waals surface area contributed by atoms with Gasteiger partial charge in [0.05, 0.1) is 56.5 Å². The van der Waals surface area contributed by atoms with E-state index in [9.17, 15) is 0 Å². The lowest BCUT2D eigenvalue weighted by Crippen LogP contribution is -2.47. The van der Waals surface area contributed by atoms with Gasteiger partial charge in [0.15, 0.2) is 0 Å². The molecular formula is C65H145Cl6N9Si9. The highest BCUT2D eigenvalue weighted by molar-refractivity contribution is 6.81. The van der Waals surface area contributed by atoms with Crippen LogP contribution in [-0.2, 0) is 16.2 Å². The van der Waals surface area contributed by atoms with Crippen LogP contribution in [0.2, 0.25) is 184 Å². The smallest absolute Gasteiger partial charge is 0.0643 e. The van der Waals surface area contributed by atoms with Gasteiger partial charge in [-0.25, -0.2) is 29.0 Å². The Labute approximate surface area is 591 Å². The van der Waals surface area contributed by atoms with Crippen LogP contribution >= 0.6 is 70.7 Å². The summed E-state index contributed by atoms with van der Waals surface area (Å²) in [5.41, 5.74) is 20.3. The summed E-state index contributed by atoms with van der Waals surface area (Å²) in [7, 11) is -14.6. The van der Waals surface area contributed by atoms with E-state index in [1.165, 1.54) is 182 Å². The normalized spacial score (nSPS) is 14.7. The molecule has 0 aromatic heterocycles. The molecule has 0 heterocycles. The molecule has 0 saturated carbocycles. The fraction of sp³-hybridized carbons (Fsp3) is 0.877. The van der Waals surface area contributed by atoms with Crippen molar-refractivity contribution in [1.29, 1.82) is 0 Å². The fourth-order valence-corrected chi connectivity index (χ4v) is 36.9. The zero-order valence-corrected chi connectivity index (χ0v) is 74.6. The Balaban J connectivity index is 5.34. The van der Waals surface area contributed by atoms with Crippen LogP contribution in [-0.4, -0.2) is 116 Å². The molecule has 0 bridgehead atoms. The number of halogens is 6. The molecule has 24 heteroatoms. The first-order valence-electron chi connectivity index (χ1n) is 35.3. The van der Waals surface area contributed by atoms with Gasteiger partial charge in [-0.05, 0) is 168 Å². The molecule has 0 spiro atoms. The minimum atomic E-state index is -1.66. The van der Waals surface area contributed by atoms with E-state index in [1.807, 2.05) is 0 Å². The average Bonchev–Trinajstić information content (AvgIpc) is 1.07. The average molecular weight is 1520 g/mol. The maximum atomic E-state index is 6.72. The molecule has 0 fully saturated rings. The van der Waals surface area contributed by atoms with Crippen LogP contribution in [0.25, 0.3) is 0 Å². The van der Waals surface area contributed by atoms with Crippen LogP contribution in [0, 0.1) is 13.1 Å². The molecule has 0 saturated heterocycles. The molecule has 0 aliphatic carbocycles. The first-order chi connectivity index (χ1) is 41.2. The number of benzene rings is 1. The Kier molecular flexibility index (Phi) is 42.9. The van der Waals surface area contributed by atoms with Gasteiger partial charge in [0.2, 0.25) is 0 Å². The summed E-state index contributed by atoms with van der Waals surface area (Å²) in [4.78, 5) is 18.8. The van der Waals surface area contributed by atoms with Crippen molar-refractivity contribution in [2.45, 2.75) is 316 Å². The molecule has 1 aromatic rings. The largest absolute Gasteiger partial charge is 0.488 e. The van der Waals surface area contributed by atoms with Crippen molar-refractivity contribution < 1.29 is 11.5 Å². The Morgan fingerprint density at radius 3 is 0.607 bits per heavy atom. The van der Waals surface area contributed by atoms with Crippen LogP contribution in [0.15, 0.2) is 18.2 Å². The van der Waals surface area contributed by atoms with Gasteiger partial charge in [0.25, 0.3) is 0 Å². The summed E-state index contributed by atoms with van der Waals surface area (Å²) >= 11 is 38.6. The van der Waals surface area contributed by atoms with Crippen LogP contribution < -0.4 is 46.2 Å². The van der Waals surface area contributed by atoms with Crippen molar-refractivity contribution in [2.24, 2.45) is 5.73 Å². The summed E-state index contributed by atoms with van der Waals surface area (Å²) in [5, 5.41) is 0. The van der Waals surface area contributed by atoms with E-state index < -0.39 is 72.7 Å². The van der Waals surface area contributed by atoms with E-state index in [2.05, 4.69) is 190 Å². The predicted molar refractivity (Wildman–Crippen MR) is 431 cm³/mol. The number of nitrogens with one attached hydrogen (secondary N) is 6. The minimum absolute atomic E-state index is 0.00231.